The normalized spacial score (nSPS) is 10.4. The van der Waals surface area contributed by atoms with Gasteiger partial charge in [-0.2, -0.15) is 9.97 Å². The number of rotatable bonds is 1. The number of nitrogens with one attached hydrogen (secondary N) is 1. The fourth-order valence-electron chi connectivity index (χ4n) is 1.08. The van der Waals surface area contributed by atoms with Crippen molar-refractivity contribution < 1.29 is 4.42 Å². The Balaban J connectivity index is 2.56. The van der Waals surface area contributed by atoms with Gasteiger partial charge >= 0.3 is 0 Å². The summed E-state index contributed by atoms with van der Waals surface area (Å²) in [5, 5.41) is 0. The molecule has 14 heavy (non-hydrogen) atoms. The molecule has 5 nitrogen and oxygen atoms in total. The SMILES string of the molecule is Cc1ccc(-c2nc(=S)nc(N)[nH]2)o1. The molecule has 0 aliphatic rings. The molecule has 2 heterocycles. The molecule has 2 aromatic rings. The van der Waals surface area contributed by atoms with Gasteiger partial charge in [0.05, 0.1) is 0 Å². The molecular formula is C8H8N4OS. The molecule has 3 N–H and O–H groups in total. The van der Waals surface area contributed by atoms with Crippen LogP contribution in [0.15, 0.2) is 16.5 Å². The Labute approximate surface area is 85.0 Å². The molecule has 0 aliphatic heterocycles. The smallest absolute Gasteiger partial charge is 0.224 e. The van der Waals surface area contributed by atoms with E-state index in [9.17, 15) is 0 Å². The molecule has 6 heteroatoms. The molecular weight excluding hydrogens is 200 g/mol. The van der Waals surface area contributed by atoms with E-state index in [1.165, 1.54) is 0 Å². The lowest BCUT2D eigenvalue weighted by Crippen LogP contribution is -1.99. The summed E-state index contributed by atoms with van der Waals surface area (Å²) in [5.41, 5.74) is 5.49. The number of nitrogens with two attached hydrogens (primary N) is 1. The first-order chi connectivity index (χ1) is 6.65. The molecule has 0 radical (unpaired) electrons. The summed E-state index contributed by atoms with van der Waals surface area (Å²) in [7, 11) is 0. The van der Waals surface area contributed by atoms with E-state index in [2.05, 4.69) is 15.0 Å². The number of hydrogen-bond acceptors (Lipinski definition) is 5. The van der Waals surface area contributed by atoms with Gasteiger partial charge in [0.1, 0.15) is 5.76 Å². The third-order valence-electron chi connectivity index (χ3n) is 1.64. The van der Waals surface area contributed by atoms with Crippen molar-refractivity contribution in [3.63, 3.8) is 0 Å². The first-order valence-electron chi connectivity index (χ1n) is 3.96. The van der Waals surface area contributed by atoms with Gasteiger partial charge in [-0.3, -0.25) is 0 Å². The third kappa shape index (κ3) is 1.64. The summed E-state index contributed by atoms with van der Waals surface area (Å²) in [6.45, 7) is 1.85. The van der Waals surface area contributed by atoms with Crippen LogP contribution < -0.4 is 5.73 Å². The van der Waals surface area contributed by atoms with Crippen molar-refractivity contribution in [1.29, 1.82) is 0 Å². The number of furan rings is 1. The predicted molar refractivity (Wildman–Crippen MR) is 54.1 cm³/mol. The van der Waals surface area contributed by atoms with Crippen LogP contribution >= 0.6 is 12.2 Å². The van der Waals surface area contributed by atoms with Crippen molar-refractivity contribution in [2.75, 3.05) is 5.73 Å². The molecule has 0 fully saturated rings. The van der Waals surface area contributed by atoms with Crippen molar-refractivity contribution in [3.05, 3.63) is 22.7 Å². The monoisotopic (exact) mass is 208 g/mol. The Bertz CT molecular complexity index is 516. The summed E-state index contributed by atoms with van der Waals surface area (Å²) in [4.78, 5) is 10.5. The van der Waals surface area contributed by atoms with E-state index >= 15 is 0 Å². The molecule has 0 bridgehead atoms. The number of aromatic nitrogens is 3. The second-order valence-corrected chi connectivity index (χ2v) is 3.14. The summed E-state index contributed by atoms with van der Waals surface area (Å²) in [6.07, 6.45) is 0. The molecule has 0 aliphatic carbocycles. The Morgan fingerprint density at radius 2 is 2.21 bits per heavy atom. The van der Waals surface area contributed by atoms with Crippen LogP contribution in [-0.4, -0.2) is 15.0 Å². The zero-order chi connectivity index (χ0) is 10.1. The van der Waals surface area contributed by atoms with Gasteiger partial charge in [0.15, 0.2) is 11.6 Å². The molecule has 2 aromatic heterocycles. The van der Waals surface area contributed by atoms with Gasteiger partial charge in [-0.15, -0.1) is 0 Å². The fourth-order valence-corrected chi connectivity index (χ4v) is 1.27. The maximum absolute atomic E-state index is 5.49. The van der Waals surface area contributed by atoms with Gasteiger partial charge < -0.3 is 15.1 Å². The van der Waals surface area contributed by atoms with Crippen molar-refractivity contribution in [1.82, 2.24) is 15.0 Å². The highest BCUT2D eigenvalue weighted by atomic mass is 32.1. The Kier molecular flexibility index (Phi) is 2.05. The maximum Gasteiger partial charge on any atom is 0.224 e. The van der Waals surface area contributed by atoms with E-state index in [-0.39, 0.29) is 10.7 Å². The number of nitrogens with zero attached hydrogens (tertiary/aromatic N) is 2. The molecule has 0 unspecified atom stereocenters. The van der Waals surface area contributed by atoms with Gasteiger partial charge in [-0.05, 0) is 31.3 Å². The highest BCUT2D eigenvalue weighted by Crippen LogP contribution is 2.17. The minimum atomic E-state index is 0.199. The van der Waals surface area contributed by atoms with Crippen molar-refractivity contribution in [3.8, 4) is 11.6 Å². The second-order valence-electron chi connectivity index (χ2n) is 2.78. The predicted octanol–water partition coefficient (Wildman–Crippen LogP) is 1.68. The van der Waals surface area contributed by atoms with Crippen LogP contribution in [0, 0.1) is 11.7 Å². The lowest BCUT2D eigenvalue weighted by molar-refractivity contribution is 0.543. The molecule has 0 saturated heterocycles. The van der Waals surface area contributed by atoms with Gasteiger partial charge in [0.2, 0.25) is 10.7 Å². The minimum Gasteiger partial charge on any atom is -0.458 e. The lowest BCUT2D eigenvalue weighted by atomic mass is 10.4. The van der Waals surface area contributed by atoms with Gasteiger partial charge in [-0.1, -0.05) is 0 Å². The highest BCUT2D eigenvalue weighted by molar-refractivity contribution is 7.71. The van der Waals surface area contributed by atoms with Crippen LogP contribution in [0.2, 0.25) is 0 Å². The first-order valence-corrected chi connectivity index (χ1v) is 4.36. The summed E-state index contributed by atoms with van der Waals surface area (Å²) in [5.74, 6) is 2.13. The summed E-state index contributed by atoms with van der Waals surface area (Å²) < 4.78 is 5.56. The first kappa shape index (κ1) is 8.89. The number of aromatic amines is 1. The summed E-state index contributed by atoms with van der Waals surface area (Å²) >= 11 is 4.83. The largest absolute Gasteiger partial charge is 0.458 e. The Morgan fingerprint density at radius 1 is 1.43 bits per heavy atom. The number of anilines is 1. The number of aryl methyl sites for hydroxylation is 1. The van der Waals surface area contributed by atoms with Crippen LogP contribution in [0.1, 0.15) is 5.76 Å². The summed E-state index contributed by atoms with van der Waals surface area (Å²) in [6, 6.07) is 3.63. The molecule has 0 saturated carbocycles. The number of hydrogen-bond donors (Lipinski definition) is 2. The fraction of sp³-hybridized carbons (Fsp3) is 0.125. The third-order valence-corrected chi connectivity index (χ3v) is 1.83. The average molecular weight is 208 g/mol. The van der Waals surface area contributed by atoms with E-state index in [0.717, 1.165) is 5.76 Å². The molecule has 0 aromatic carbocycles. The Morgan fingerprint density at radius 3 is 2.79 bits per heavy atom. The van der Waals surface area contributed by atoms with E-state index in [4.69, 9.17) is 22.4 Å². The van der Waals surface area contributed by atoms with E-state index in [1.807, 2.05) is 13.0 Å². The minimum absolute atomic E-state index is 0.199. The number of nitrogen functional groups attached to an aromatic ring is 1. The molecule has 2 rings (SSSR count). The van der Waals surface area contributed by atoms with Crippen LogP contribution in [0.25, 0.3) is 11.6 Å². The van der Waals surface area contributed by atoms with Gasteiger partial charge in [0.25, 0.3) is 0 Å². The van der Waals surface area contributed by atoms with Crippen LogP contribution in [0.5, 0.6) is 0 Å². The topological polar surface area (TPSA) is 80.7 Å². The lowest BCUT2D eigenvalue weighted by Gasteiger charge is -1.97. The average Bonchev–Trinajstić information content (AvgIpc) is 2.50. The van der Waals surface area contributed by atoms with E-state index < -0.39 is 0 Å². The van der Waals surface area contributed by atoms with Gasteiger partial charge in [0, 0.05) is 0 Å². The van der Waals surface area contributed by atoms with Crippen molar-refractivity contribution in [2.24, 2.45) is 0 Å². The molecule has 0 atom stereocenters. The van der Waals surface area contributed by atoms with E-state index in [1.54, 1.807) is 6.07 Å². The van der Waals surface area contributed by atoms with Crippen LogP contribution in [0.4, 0.5) is 5.95 Å². The molecule has 0 amide bonds. The number of H-pyrrole nitrogens is 1. The van der Waals surface area contributed by atoms with E-state index in [0.29, 0.717) is 11.6 Å². The van der Waals surface area contributed by atoms with Crippen LogP contribution in [-0.2, 0) is 0 Å². The van der Waals surface area contributed by atoms with Crippen molar-refractivity contribution >= 4 is 18.2 Å². The van der Waals surface area contributed by atoms with Crippen LogP contribution in [0.3, 0.4) is 0 Å². The second kappa shape index (κ2) is 3.22. The molecule has 72 valence electrons. The Hall–Kier alpha value is -1.69. The quantitative estimate of drug-likeness (QED) is 0.697. The standard InChI is InChI=1S/C8H8N4OS/c1-4-2-3-5(13-4)6-10-7(9)12-8(14)11-6/h2-3H,1H3,(H3,9,10,11,12,14). The molecule has 0 spiro atoms. The zero-order valence-electron chi connectivity index (χ0n) is 7.44. The maximum atomic E-state index is 5.49. The highest BCUT2D eigenvalue weighted by Gasteiger charge is 2.05. The van der Waals surface area contributed by atoms with Crippen molar-refractivity contribution in [2.45, 2.75) is 6.92 Å². The zero-order valence-corrected chi connectivity index (χ0v) is 8.26. The van der Waals surface area contributed by atoms with Gasteiger partial charge in [-0.25, -0.2) is 0 Å².